The van der Waals surface area contributed by atoms with E-state index in [-0.39, 0.29) is 16.8 Å². The molecule has 1 aliphatic heterocycles. The van der Waals surface area contributed by atoms with Crippen molar-refractivity contribution in [3.05, 3.63) is 59.7 Å². The number of carbonyl (C=O) groups is 1. The van der Waals surface area contributed by atoms with E-state index in [9.17, 15) is 13.2 Å². The van der Waals surface area contributed by atoms with Crippen LogP contribution in [0.5, 0.6) is 0 Å². The second kappa shape index (κ2) is 8.10. The van der Waals surface area contributed by atoms with Crippen molar-refractivity contribution in [3.63, 3.8) is 0 Å². The number of hydrogen-bond donors (Lipinski definition) is 1. The van der Waals surface area contributed by atoms with Crippen LogP contribution in [0.1, 0.15) is 28.9 Å². The van der Waals surface area contributed by atoms with Crippen LogP contribution < -0.4 is 10.2 Å². The largest absolute Gasteiger partial charge is 0.378 e. The molecule has 1 N–H and O–H groups in total. The van der Waals surface area contributed by atoms with E-state index in [4.69, 9.17) is 4.74 Å². The maximum atomic E-state index is 12.5. The Kier molecular flexibility index (Phi) is 5.82. The van der Waals surface area contributed by atoms with Crippen molar-refractivity contribution < 1.29 is 17.9 Å². The molecule has 2 aromatic rings. The number of hydrogen-bond acceptors (Lipinski definition) is 5. The van der Waals surface area contributed by atoms with Gasteiger partial charge in [0, 0.05) is 30.6 Å². The number of ether oxygens (including phenoxy) is 1. The lowest BCUT2D eigenvalue weighted by Crippen LogP contribution is -2.36. The lowest BCUT2D eigenvalue weighted by atomic mass is 10.1. The number of anilines is 1. The smallest absolute Gasteiger partial charge is 0.251 e. The van der Waals surface area contributed by atoms with Crippen LogP contribution in [0.2, 0.25) is 0 Å². The van der Waals surface area contributed by atoms with E-state index >= 15 is 0 Å². The number of amides is 1. The van der Waals surface area contributed by atoms with Crippen LogP contribution in [-0.2, 0) is 14.6 Å². The quantitative estimate of drug-likeness (QED) is 0.851. The zero-order valence-corrected chi connectivity index (χ0v) is 16.3. The summed E-state index contributed by atoms with van der Waals surface area (Å²) in [7, 11) is -3.22. The van der Waals surface area contributed by atoms with Gasteiger partial charge in [0.15, 0.2) is 9.84 Å². The van der Waals surface area contributed by atoms with Crippen molar-refractivity contribution in [3.8, 4) is 0 Å². The summed E-state index contributed by atoms with van der Waals surface area (Å²) in [5.41, 5.74) is 2.52. The fourth-order valence-corrected chi connectivity index (χ4v) is 3.64. The van der Waals surface area contributed by atoms with Crippen LogP contribution in [0.3, 0.4) is 0 Å². The molecule has 1 atom stereocenters. The van der Waals surface area contributed by atoms with Gasteiger partial charge in [-0.15, -0.1) is 0 Å². The van der Waals surface area contributed by atoms with Crippen LogP contribution in [0, 0.1) is 0 Å². The summed E-state index contributed by atoms with van der Waals surface area (Å²) >= 11 is 0. The Hall–Kier alpha value is -2.38. The summed E-state index contributed by atoms with van der Waals surface area (Å²) in [5.74, 6) is -0.164. The molecule has 0 saturated carbocycles. The van der Waals surface area contributed by atoms with E-state index in [1.165, 1.54) is 6.26 Å². The standard InChI is InChI=1S/C20H24N2O4S/c1-15(16-5-9-19(10-6-16)27(2,24)25)21-20(23)17-3-7-18(8-4-17)22-11-13-26-14-12-22/h3-10,15H,11-14H2,1-2H3,(H,21,23)/t15-/m0/s1. The Labute approximate surface area is 160 Å². The van der Waals surface area contributed by atoms with Gasteiger partial charge < -0.3 is 15.0 Å². The average Bonchev–Trinajstić information content (AvgIpc) is 2.68. The minimum atomic E-state index is -3.22. The fourth-order valence-electron chi connectivity index (χ4n) is 3.01. The van der Waals surface area contributed by atoms with Crippen LogP contribution in [0.4, 0.5) is 5.69 Å². The highest BCUT2D eigenvalue weighted by molar-refractivity contribution is 7.90. The third-order valence-electron chi connectivity index (χ3n) is 4.66. The highest BCUT2D eigenvalue weighted by Gasteiger charge is 2.15. The molecule has 1 heterocycles. The third kappa shape index (κ3) is 4.87. The van der Waals surface area contributed by atoms with E-state index in [1.807, 2.05) is 31.2 Å². The molecule has 0 aromatic heterocycles. The average molecular weight is 388 g/mol. The zero-order valence-electron chi connectivity index (χ0n) is 15.5. The summed E-state index contributed by atoms with van der Waals surface area (Å²) in [6.45, 7) is 5.02. The number of nitrogens with zero attached hydrogens (tertiary/aromatic N) is 1. The lowest BCUT2D eigenvalue weighted by Gasteiger charge is -2.28. The second-order valence-corrected chi connectivity index (χ2v) is 8.70. The number of carbonyl (C=O) groups excluding carboxylic acids is 1. The molecular formula is C20H24N2O4S. The van der Waals surface area contributed by atoms with Crippen molar-refractivity contribution in [2.24, 2.45) is 0 Å². The molecule has 6 nitrogen and oxygen atoms in total. The molecule has 0 radical (unpaired) electrons. The molecule has 27 heavy (non-hydrogen) atoms. The first-order chi connectivity index (χ1) is 12.8. The normalized spacial score (nSPS) is 16.0. The first kappa shape index (κ1) is 19.4. The predicted molar refractivity (Wildman–Crippen MR) is 105 cm³/mol. The van der Waals surface area contributed by atoms with Gasteiger partial charge in [0.1, 0.15) is 0 Å². The van der Waals surface area contributed by atoms with Crippen molar-refractivity contribution in [2.75, 3.05) is 37.5 Å². The Morgan fingerprint density at radius 3 is 2.19 bits per heavy atom. The molecule has 1 saturated heterocycles. The molecule has 0 spiro atoms. The summed E-state index contributed by atoms with van der Waals surface area (Å²) in [5, 5.41) is 2.95. The van der Waals surface area contributed by atoms with E-state index in [0.29, 0.717) is 5.56 Å². The minimum Gasteiger partial charge on any atom is -0.378 e. The van der Waals surface area contributed by atoms with E-state index in [1.54, 1.807) is 24.3 Å². The van der Waals surface area contributed by atoms with Crippen LogP contribution in [0.15, 0.2) is 53.4 Å². The number of rotatable bonds is 5. The van der Waals surface area contributed by atoms with Gasteiger partial charge in [-0.25, -0.2) is 8.42 Å². The molecule has 1 aliphatic rings. The van der Waals surface area contributed by atoms with Crippen molar-refractivity contribution in [2.45, 2.75) is 17.9 Å². The molecule has 1 amide bonds. The van der Waals surface area contributed by atoms with Crippen molar-refractivity contribution in [1.29, 1.82) is 0 Å². The van der Waals surface area contributed by atoms with Crippen LogP contribution in [-0.4, -0.2) is 46.9 Å². The van der Waals surface area contributed by atoms with Gasteiger partial charge in [0.2, 0.25) is 0 Å². The van der Waals surface area contributed by atoms with Gasteiger partial charge in [-0.3, -0.25) is 4.79 Å². The van der Waals surface area contributed by atoms with Crippen LogP contribution in [0.25, 0.3) is 0 Å². The zero-order chi connectivity index (χ0) is 19.4. The van der Waals surface area contributed by atoms with Gasteiger partial charge in [-0.2, -0.15) is 0 Å². The Balaban J connectivity index is 1.64. The van der Waals surface area contributed by atoms with Crippen molar-refractivity contribution in [1.82, 2.24) is 5.32 Å². The molecule has 0 aliphatic carbocycles. The van der Waals surface area contributed by atoms with Gasteiger partial charge in [0.25, 0.3) is 5.91 Å². The maximum Gasteiger partial charge on any atom is 0.251 e. The summed E-state index contributed by atoms with van der Waals surface area (Å²) in [4.78, 5) is 15.0. The van der Waals surface area contributed by atoms with E-state index in [0.717, 1.165) is 37.6 Å². The van der Waals surface area contributed by atoms with Crippen molar-refractivity contribution >= 4 is 21.4 Å². The van der Waals surface area contributed by atoms with Gasteiger partial charge in [-0.05, 0) is 48.9 Å². The summed E-state index contributed by atoms with van der Waals surface area (Å²) in [6.07, 6.45) is 1.17. The third-order valence-corrected chi connectivity index (χ3v) is 5.79. The Morgan fingerprint density at radius 2 is 1.63 bits per heavy atom. The van der Waals surface area contributed by atoms with E-state index in [2.05, 4.69) is 10.2 Å². The predicted octanol–water partition coefficient (Wildman–Crippen LogP) is 2.42. The summed E-state index contributed by atoms with van der Waals surface area (Å²) in [6, 6.07) is 13.9. The molecular weight excluding hydrogens is 364 g/mol. The number of morpholine rings is 1. The lowest BCUT2D eigenvalue weighted by molar-refractivity contribution is 0.0939. The van der Waals surface area contributed by atoms with Gasteiger partial charge in [-0.1, -0.05) is 12.1 Å². The SMILES string of the molecule is C[C@H](NC(=O)c1ccc(N2CCOCC2)cc1)c1ccc(S(C)(=O)=O)cc1. The number of sulfone groups is 1. The first-order valence-corrected chi connectivity index (χ1v) is 10.8. The Bertz CT molecular complexity index is 887. The van der Waals surface area contributed by atoms with Crippen LogP contribution >= 0.6 is 0 Å². The highest BCUT2D eigenvalue weighted by atomic mass is 32.2. The molecule has 0 bridgehead atoms. The molecule has 2 aromatic carbocycles. The maximum absolute atomic E-state index is 12.5. The molecule has 3 rings (SSSR count). The molecule has 1 fully saturated rings. The second-order valence-electron chi connectivity index (χ2n) is 6.68. The number of benzene rings is 2. The topological polar surface area (TPSA) is 75.7 Å². The fraction of sp³-hybridized carbons (Fsp3) is 0.350. The van der Waals surface area contributed by atoms with Gasteiger partial charge >= 0.3 is 0 Å². The summed E-state index contributed by atoms with van der Waals surface area (Å²) < 4.78 is 28.4. The van der Waals surface area contributed by atoms with E-state index < -0.39 is 9.84 Å². The van der Waals surface area contributed by atoms with Gasteiger partial charge in [0.05, 0.1) is 24.2 Å². The molecule has 0 unspecified atom stereocenters. The number of nitrogens with one attached hydrogen (secondary N) is 1. The first-order valence-electron chi connectivity index (χ1n) is 8.88. The monoisotopic (exact) mass is 388 g/mol. The molecule has 7 heteroatoms. The minimum absolute atomic E-state index is 0.164. The Morgan fingerprint density at radius 1 is 1.04 bits per heavy atom. The highest BCUT2D eigenvalue weighted by Crippen LogP contribution is 2.19. The molecule has 144 valence electrons.